The van der Waals surface area contributed by atoms with Gasteiger partial charge < -0.3 is 55.3 Å². The van der Waals surface area contributed by atoms with Gasteiger partial charge in [-0.3, -0.25) is 4.79 Å². The molecule has 0 unspecified atom stereocenters. The summed E-state index contributed by atoms with van der Waals surface area (Å²) in [5.41, 5.74) is 1.44. The standard InChI is InChI=1S/C33H39F4N5O7/c1-41-12-10-23(21(34)15-41)39-22-6-3-7-25-20(22)14-19(42(25)17-33(35,36)37)5-4-11-38-24-9-8-18(13-26(24)48-2)31(46)40-28-30(45)29(44)27(16-43)49-32(28)47/h3,6-9,13-14,21,23,27-30,32,38-39,43-45,47H,10-12,15-17H2,1-2H3,(H,40,46)/t21-,23+,27+,28+,29+,30+,32+/m0/s1. The minimum atomic E-state index is -4.52. The number of rotatable bonds is 9. The molecule has 0 spiro atoms. The second-order valence-corrected chi connectivity index (χ2v) is 12.1. The number of hydrogen-bond donors (Lipinski definition) is 7. The van der Waals surface area contributed by atoms with Gasteiger partial charge in [0.15, 0.2) is 6.29 Å². The van der Waals surface area contributed by atoms with Crippen molar-refractivity contribution in [2.75, 3.05) is 51.0 Å². The summed E-state index contributed by atoms with van der Waals surface area (Å²) in [6, 6.07) is 8.90. The van der Waals surface area contributed by atoms with E-state index in [0.717, 1.165) is 4.57 Å². The number of anilines is 2. The molecule has 3 heterocycles. The lowest BCUT2D eigenvalue weighted by Gasteiger charge is -2.40. The molecule has 16 heteroatoms. The number of alkyl halides is 4. The first-order valence-corrected chi connectivity index (χ1v) is 15.6. The number of aliphatic hydroxyl groups is 4. The number of nitrogens with zero attached hydrogens (tertiary/aromatic N) is 2. The van der Waals surface area contributed by atoms with Crippen LogP contribution in [0.3, 0.4) is 0 Å². The zero-order valence-electron chi connectivity index (χ0n) is 26.7. The highest BCUT2D eigenvalue weighted by atomic mass is 19.4. The Balaban J connectivity index is 1.30. The Kier molecular flexibility index (Phi) is 11.2. The molecule has 7 N–H and O–H groups in total. The summed E-state index contributed by atoms with van der Waals surface area (Å²) in [5.74, 6) is 5.14. The molecule has 266 valence electrons. The van der Waals surface area contributed by atoms with Gasteiger partial charge in [0.2, 0.25) is 0 Å². The number of carbonyl (C=O) groups excluding carboxylic acids is 1. The summed E-state index contributed by atoms with van der Waals surface area (Å²) in [6.07, 6.45) is -11.2. The minimum absolute atomic E-state index is 0.0125. The molecule has 5 rings (SSSR count). The molecular weight excluding hydrogens is 654 g/mol. The van der Waals surface area contributed by atoms with Gasteiger partial charge in [-0.1, -0.05) is 12.0 Å². The predicted molar refractivity (Wildman–Crippen MR) is 172 cm³/mol. The van der Waals surface area contributed by atoms with Crippen LogP contribution in [0, 0.1) is 11.8 Å². The molecule has 2 aliphatic heterocycles. The van der Waals surface area contributed by atoms with E-state index in [0.29, 0.717) is 35.2 Å². The third kappa shape index (κ3) is 8.38. The Morgan fingerprint density at radius 1 is 1.12 bits per heavy atom. The number of hydrogen-bond acceptors (Lipinski definition) is 10. The van der Waals surface area contributed by atoms with E-state index in [4.69, 9.17) is 9.47 Å². The van der Waals surface area contributed by atoms with Crippen LogP contribution < -0.4 is 20.7 Å². The fourth-order valence-electron chi connectivity index (χ4n) is 6.02. The third-order valence-electron chi connectivity index (χ3n) is 8.61. The first kappa shape index (κ1) is 36.2. The molecule has 7 atom stereocenters. The Morgan fingerprint density at radius 3 is 2.59 bits per heavy atom. The van der Waals surface area contributed by atoms with Crippen LogP contribution in [-0.4, -0.2) is 125 Å². The van der Waals surface area contributed by atoms with Crippen LogP contribution in [0.1, 0.15) is 22.5 Å². The highest BCUT2D eigenvalue weighted by molar-refractivity contribution is 5.96. The Morgan fingerprint density at radius 2 is 1.90 bits per heavy atom. The maximum Gasteiger partial charge on any atom is 0.406 e. The van der Waals surface area contributed by atoms with Crippen molar-refractivity contribution in [1.29, 1.82) is 0 Å². The van der Waals surface area contributed by atoms with Gasteiger partial charge in [-0.15, -0.1) is 0 Å². The van der Waals surface area contributed by atoms with Crippen LogP contribution in [0.5, 0.6) is 5.75 Å². The summed E-state index contributed by atoms with van der Waals surface area (Å²) < 4.78 is 67.2. The van der Waals surface area contributed by atoms with E-state index in [9.17, 15) is 42.8 Å². The van der Waals surface area contributed by atoms with Crippen LogP contribution in [0.25, 0.3) is 10.9 Å². The first-order chi connectivity index (χ1) is 23.3. The van der Waals surface area contributed by atoms with Crippen LogP contribution in [0.4, 0.5) is 28.9 Å². The molecule has 0 radical (unpaired) electrons. The fraction of sp³-hybridized carbons (Fsp3) is 0.485. The summed E-state index contributed by atoms with van der Waals surface area (Å²) in [4.78, 5) is 14.8. The maximum atomic E-state index is 14.8. The van der Waals surface area contributed by atoms with Crippen LogP contribution in [0.15, 0.2) is 42.5 Å². The topological polar surface area (TPSA) is 161 Å². The molecule has 2 saturated heterocycles. The summed E-state index contributed by atoms with van der Waals surface area (Å²) in [7, 11) is 3.20. The number of nitrogens with one attached hydrogen (secondary N) is 3. The first-order valence-electron chi connectivity index (χ1n) is 15.6. The number of aliphatic hydroxyl groups excluding tert-OH is 4. The lowest BCUT2D eigenvalue weighted by atomic mass is 9.96. The molecule has 0 saturated carbocycles. The van der Waals surface area contributed by atoms with E-state index < -0.39 is 68.1 Å². The monoisotopic (exact) mass is 693 g/mol. The summed E-state index contributed by atoms with van der Waals surface area (Å²) in [5, 5.41) is 48.9. The van der Waals surface area contributed by atoms with Crippen molar-refractivity contribution in [3.8, 4) is 17.6 Å². The zero-order chi connectivity index (χ0) is 35.5. The molecule has 1 aromatic heterocycles. The van der Waals surface area contributed by atoms with E-state index >= 15 is 0 Å². The molecule has 12 nitrogen and oxygen atoms in total. The SMILES string of the molecule is COc1cc(C(=O)N[C@@H]2[C@@H](O)[C@H](O)[C@@H](CO)O[C@H]2O)ccc1NCC#Cc1cc2c(N[C@@H]3CCN(C)C[C@@H]3F)cccc2n1CC(F)(F)F. The van der Waals surface area contributed by atoms with Crippen molar-refractivity contribution in [3.05, 3.63) is 53.7 Å². The normalized spacial score (nSPS) is 26.1. The van der Waals surface area contributed by atoms with Crippen molar-refractivity contribution in [2.45, 2.75) is 62.0 Å². The number of fused-ring (bicyclic) bond motifs is 1. The van der Waals surface area contributed by atoms with E-state index in [1.165, 1.54) is 25.3 Å². The quantitative estimate of drug-likeness (QED) is 0.130. The Labute approximate surface area is 279 Å². The smallest absolute Gasteiger partial charge is 0.406 e. The third-order valence-corrected chi connectivity index (χ3v) is 8.61. The van der Waals surface area contributed by atoms with E-state index in [-0.39, 0.29) is 30.1 Å². The zero-order valence-corrected chi connectivity index (χ0v) is 26.7. The van der Waals surface area contributed by atoms with Gasteiger partial charge in [-0.2, -0.15) is 13.2 Å². The molecular formula is C33H39F4N5O7. The van der Waals surface area contributed by atoms with Gasteiger partial charge in [0.1, 0.15) is 42.8 Å². The van der Waals surface area contributed by atoms with Gasteiger partial charge >= 0.3 is 6.18 Å². The fourth-order valence-corrected chi connectivity index (χ4v) is 6.02. The molecule has 3 aromatic rings. The molecule has 2 fully saturated rings. The van der Waals surface area contributed by atoms with Gasteiger partial charge in [0, 0.05) is 29.7 Å². The number of benzene rings is 2. The average molecular weight is 694 g/mol. The highest BCUT2D eigenvalue weighted by Gasteiger charge is 2.44. The van der Waals surface area contributed by atoms with Crippen LogP contribution >= 0.6 is 0 Å². The maximum absolute atomic E-state index is 14.8. The lowest BCUT2D eigenvalue weighted by Crippen LogP contribution is -2.64. The second kappa shape index (κ2) is 15.2. The molecule has 2 aliphatic rings. The number of halogens is 4. The molecule has 2 aromatic carbocycles. The van der Waals surface area contributed by atoms with Gasteiger partial charge in [0.25, 0.3) is 5.91 Å². The summed E-state index contributed by atoms with van der Waals surface area (Å²) in [6.45, 7) is -0.982. The number of likely N-dealkylation sites (tertiary alicyclic amines) is 1. The largest absolute Gasteiger partial charge is 0.495 e. The molecule has 49 heavy (non-hydrogen) atoms. The number of ether oxygens (including phenoxy) is 2. The second-order valence-electron chi connectivity index (χ2n) is 12.1. The Bertz CT molecular complexity index is 1690. The van der Waals surface area contributed by atoms with Crippen molar-refractivity contribution in [2.24, 2.45) is 0 Å². The van der Waals surface area contributed by atoms with Crippen molar-refractivity contribution < 1.29 is 52.3 Å². The van der Waals surface area contributed by atoms with E-state index in [1.54, 1.807) is 24.3 Å². The molecule has 0 aliphatic carbocycles. The number of methoxy groups -OCH3 is 1. The number of amides is 1. The van der Waals surface area contributed by atoms with Gasteiger partial charge in [0.05, 0.1) is 43.2 Å². The van der Waals surface area contributed by atoms with Crippen molar-refractivity contribution in [3.63, 3.8) is 0 Å². The van der Waals surface area contributed by atoms with Crippen molar-refractivity contribution in [1.82, 2.24) is 14.8 Å². The Hall–Kier alpha value is -4.11. The van der Waals surface area contributed by atoms with Gasteiger partial charge in [-0.05, 0) is 55.8 Å². The van der Waals surface area contributed by atoms with Crippen LogP contribution in [-0.2, 0) is 11.3 Å². The average Bonchev–Trinajstić information content (AvgIpc) is 3.40. The van der Waals surface area contributed by atoms with Crippen molar-refractivity contribution >= 4 is 28.2 Å². The minimum Gasteiger partial charge on any atom is -0.495 e. The summed E-state index contributed by atoms with van der Waals surface area (Å²) >= 11 is 0. The number of aromatic nitrogens is 1. The van der Waals surface area contributed by atoms with E-state index in [2.05, 4.69) is 27.8 Å². The lowest BCUT2D eigenvalue weighted by molar-refractivity contribution is -0.252. The van der Waals surface area contributed by atoms with Crippen LogP contribution in [0.2, 0.25) is 0 Å². The predicted octanol–water partition coefficient (Wildman–Crippen LogP) is 1.66. The van der Waals surface area contributed by atoms with Gasteiger partial charge in [-0.25, -0.2) is 4.39 Å². The highest BCUT2D eigenvalue weighted by Crippen LogP contribution is 2.32. The molecule has 1 amide bonds. The number of carbonyl (C=O) groups is 1. The number of piperidine rings is 1. The van der Waals surface area contributed by atoms with E-state index in [1.807, 2.05) is 11.9 Å². The molecule has 0 bridgehead atoms.